The number of aromatic nitrogens is 1. The quantitative estimate of drug-likeness (QED) is 0.869. The number of carbonyl (C=O) groups excluding carboxylic acids is 1. The highest BCUT2D eigenvalue weighted by Gasteiger charge is 2.16. The predicted octanol–water partition coefficient (Wildman–Crippen LogP) is 2.53. The SMILES string of the molecule is CCCNc1ccc(C(=O)NC2CCSCC2)cn1. The van der Waals surface area contributed by atoms with Gasteiger partial charge in [-0.1, -0.05) is 6.92 Å². The number of nitrogens with one attached hydrogen (secondary N) is 2. The molecule has 0 atom stereocenters. The van der Waals surface area contributed by atoms with E-state index >= 15 is 0 Å². The minimum Gasteiger partial charge on any atom is -0.370 e. The Bertz CT molecular complexity index is 402. The molecule has 2 N–H and O–H groups in total. The molecule has 5 heteroatoms. The highest BCUT2D eigenvalue weighted by atomic mass is 32.2. The Morgan fingerprint density at radius 2 is 2.21 bits per heavy atom. The summed E-state index contributed by atoms with van der Waals surface area (Å²) in [5, 5.41) is 6.28. The van der Waals surface area contributed by atoms with Gasteiger partial charge in [-0.3, -0.25) is 4.79 Å². The van der Waals surface area contributed by atoms with Crippen molar-refractivity contribution in [2.24, 2.45) is 0 Å². The third-order valence-corrected chi connectivity index (χ3v) is 4.19. The number of nitrogens with zero attached hydrogens (tertiary/aromatic N) is 1. The van der Waals surface area contributed by atoms with Crippen LogP contribution in [0.3, 0.4) is 0 Å². The van der Waals surface area contributed by atoms with E-state index in [-0.39, 0.29) is 5.91 Å². The summed E-state index contributed by atoms with van der Waals surface area (Å²) in [5.74, 6) is 3.10. The van der Waals surface area contributed by atoms with Gasteiger partial charge in [-0.05, 0) is 42.9 Å². The molecule has 2 heterocycles. The fraction of sp³-hybridized carbons (Fsp3) is 0.571. The molecule has 1 aliphatic heterocycles. The Labute approximate surface area is 118 Å². The van der Waals surface area contributed by atoms with Gasteiger partial charge in [0.2, 0.25) is 0 Å². The van der Waals surface area contributed by atoms with Crippen LogP contribution in [0.15, 0.2) is 18.3 Å². The molecule has 0 bridgehead atoms. The maximum atomic E-state index is 12.1. The van der Waals surface area contributed by atoms with Crippen molar-refractivity contribution >= 4 is 23.5 Å². The molecule has 1 amide bonds. The zero-order valence-electron chi connectivity index (χ0n) is 11.3. The van der Waals surface area contributed by atoms with E-state index in [9.17, 15) is 4.79 Å². The zero-order chi connectivity index (χ0) is 13.5. The minimum atomic E-state index is -0.00792. The number of hydrogen-bond acceptors (Lipinski definition) is 4. The minimum absolute atomic E-state index is 0.00792. The van der Waals surface area contributed by atoms with E-state index in [1.54, 1.807) is 6.20 Å². The van der Waals surface area contributed by atoms with E-state index in [2.05, 4.69) is 22.5 Å². The molecule has 1 aromatic rings. The van der Waals surface area contributed by atoms with Crippen molar-refractivity contribution < 1.29 is 4.79 Å². The van der Waals surface area contributed by atoms with E-state index in [0.717, 1.165) is 43.1 Å². The second kappa shape index (κ2) is 7.38. The van der Waals surface area contributed by atoms with E-state index in [1.807, 2.05) is 23.9 Å². The van der Waals surface area contributed by atoms with Gasteiger partial charge in [-0.15, -0.1) is 0 Å². The third-order valence-electron chi connectivity index (χ3n) is 3.14. The molecular weight excluding hydrogens is 258 g/mol. The Morgan fingerprint density at radius 3 is 2.84 bits per heavy atom. The summed E-state index contributed by atoms with van der Waals surface area (Å²) in [6.45, 7) is 3.01. The average molecular weight is 279 g/mol. The highest BCUT2D eigenvalue weighted by Crippen LogP contribution is 2.17. The van der Waals surface area contributed by atoms with E-state index < -0.39 is 0 Å². The monoisotopic (exact) mass is 279 g/mol. The van der Waals surface area contributed by atoms with Gasteiger partial charge in [-0.2, -0.15) is 11.8 Å². The van der Waals surface area contributed by atoms with Crippen molar-refractivity contribution in [3.05, 3.63) is 23.9 Å². The summed E-state index contributed by atoms with van der Waals surface area (Å²) < 4.78 is 0. The fourth-order valence-electron chi connectivity index (χ4n) is 2.00. The van der Waals surface area contributed by atoms with Gasteiger partial charge in [0.15, 0.2) is 0 Å². The highest BCUT2D eigenvalue weighted by molar-refractivity contribution is 7.99. The van der Waals surface area contributed by atoms with Crippen LogP contribution in [0.5, 0.6) is 0 Å². The van der Waals surface area contributed by atoms with Gasteiger partial charge in [0.1, 0.15) is 5.82 Å². The molecule has 1 saturated heterocycles. The lowest BCUT2D eigenvalue weighted by atomic mass is 10.1. The second-order valence-corrected chi connectivity index (χ2v) is 5.94. The molecule has 0 unspecified atom stereocenters. The van der Waals surface area contributed by atoms with Crippen LogP contribution in [0.1, 0.15) is 36.5 Å². The number of carbonyl (C=O) groups is 1. The molecule has 1 fully saturated rings. The number of anilines is 1. The van der Waals surface area contributed by atoms with Crippen molar-refractivity contribution in [1.29, 1.82) is 0 Å². The van der Waals surface area contributed by atoms with E-state index in [1.165, 1.54) is 0 Å². The van der Waals surface area contributed by atoms with Crippen LogP contribution in [0.2, 0.25) is 0 Å². The molecular formula is C14H21N3OS. The number of rotatable bonds is 5. The van der Waals surface area contributed by atoms with Gasteiger partial charge < -0.3 is 10.6 Å². The molecule has 2 rings (SSSR count). The first-order valence-electron chi connectivity index (χ1n) is 6.88. The molecule has 1 aromatic heterocycles. The van der Waals surface area contributed by atoms with Crippen molar-refractivity contribution in [2.75, 3.05) is 23.4 Å². The van der Waals surface area contributed by atoms with Crippen LogP contribution in [0.4, 0.5) is 5.82 Å². The normalized spacial score (nSPS) is 16.1. The standard InChI is InChI=1S/C14H21N3OS/c1-2-7-15-13-4-3-11(10-16-13)14(18)17-12-5-8-19-9-6-12/h3-4,10,12H,2,5-9H2,1H3,(H,15,16)(H,17,18). The van der Waals surface area contributed by atoms with Gasteiger partial charge >= 0.3 is 0 Å². The first-order chi connectivity index (χ1) is 9.29. The lowest BCUT2D eigenvalue weighted by Crippen LogP contribution is -2.37. The van der Waals surface area contributed by atoms with Gasteiger partial charge in [0, 0.05) is 18.8 Å². The van der Waals surface area contributed by atoms with E-state index in [0.29, 0.717) is 11.6 Å². The molecule has 104 valence electrons. The van der Waals surface area contributed by atoms with Crippen molar-refractivity contribution in [1.82, 2.24) is 10.3 Å². The van der Waals surface area contributed by atoms with Crippen molar-refractivity contribution in [3.63, 3.8) is 0 Å². The summed E-state index contributed by atoms with van der Waals surface area (Å²) in [6, 6.07) is 4.02. The van der Waals surface area contributed by atoms with Crippen LogP contribution in [-0.2, 0) is 0 Å². The predicted molar refractivity (Wildman–Crippen MR) is 80.8 cm³/mol. The van der Waals surface area contributed by atoms with Crippen molar-refractivity contribution in [2.45, 2.75) is 32.2 Å². The number of thioether (sulfide) groups is 1. The molecule has 0 aliphatic carbocycles. The van der Waals surface area contributed by atoms with Gasteiger partial charge in [0.05, 0.1) is 5.56 Å². The maximum absolute atomic E-state index is 12.1. The average Bonchev–Trinajstić information content (AvgIpc) is 2.46. The van der Waals surface area contributed by atoms with Gasteiger partial charge in [0.25, 0.3) is 5.91 Å². The van der Waals surface area contributed by atoms with Crippen LogP contribution in [0.25, 0.3) is 0 Å². The zero-order valence-corrected chi connectivity index (χ0v) is 12.1. The maximum Gasteiger partial charge on any atom is 0.253 e. The fourth-order valence-corrected chi connectivity index (χ4v) is 3.10. The molecule has 0 radical (unpaired) electrons. The Morgan fingerprint density at radius 1 is 1.42 bits per heavy atom. The first kappa shape index (κ1) is 14.2. The second-order valence-electron chi connectivity index (χ2n) is 4.72. The Balaban J connectivity index is 1.87. The lowest BCUT2D eigenvalue weighted by Gasteiger charge is -2.22. The molecule has 0 spiro atoms. The van der Waals surface area contributed by atoms with Crippen LogP contribution in [-0.4, -0.2) is 35.0 Å². The summed E-state index contributed by atoms with van der Waals surface area (Å²) in [4.78, 5) is 16.3. The number of pyridine rings is 1. The molecule has 1 aliphatic rings. The summed E-state index contributed by atoms with van der Waals surface area (Å²) in [5.41, 5.74) is 0.639. The largest absolute Gasteiger partial charge is 0.370 e. The Kier molecular flexibility index (Phi) is 5.51. The number of amides is 1. The van der Waals surface area contributed by atoms with Gasteiger partial charge in [-0.25, -0.2) is 4.98 Å². The summed E-state index contributed by atoms with van der Waals surface area (Å²) in [7, 11) is 0. The summed E-state index contributed by atoms with van der Waals surface area (Å²) in [6.07, 6.45) is 4.84. The topological polar surface area (TPSA) is 54.0 Å². The van der Waals surface area contributed by atoms with E-state index in [4.69, 9.17) is 0 Å². The number of hydrogen-bond donors (Lipinski definition) is 2. The third kappa shape index (κ3) is 4.42. The van der Waals surface area contributed by atoms with Crippen LogP contribution >= 0.6 is 11.8 Å². The first-order valence-corrected chi connectivity index (χ1v) is 8.03. The molecule has 19 heavy (non-hydrogen) atoms. The lowest BCUT2D eigenvalue weighted by molar-refractivity contribution is 0.0934. The van der Waals surface area contributed by atoms with Crippen LogP contribution < -0.4 is 10.6 Å². The van der Waals surface area contributed by atoms with Crippen LogP contribution in [0, 0.1) is 0 Å². The Hall–Kier alpha value is -1.23. The molecule has 0 aromatic carbocycles. The molecule has 4 nitrogen and oxygen atoms in total. The summed E-state index contributed by atoms with van der Waals surface area (Å²) >= 11 is 1.96. The molecule has 0 saturated carbocycles. The smallest absolute Gasteiger partial charge is 0.253 e. The van der Waals surface area contributed by atoms with Crippen molar-refractivity contribution in [3.8, 4) is 0 Å².